The van der Waals surface area contributed by atoms with Crippen LogP contribution >= 0.6 is 11.3 Å². The average molecular weight is 325 g/mol. The molecule has 22 heavy (non-hydrogen) atoms. The van der Waals surface area contributed by atoms with E-state index in [0.717, 1.165) is 23.7 Å². The number of aliphatic imine (C=N–C) groups is 1. The topological polar surface area (TPSA) is 69.6 Å². The van der Waals surface area contributed by atoms with E-state index >= 15 is 0 Å². The van der Waals surface area contributed by atoms with E-state index in [1.54, 1.807) is 25.4 Å². The molecule has 1 heterocycles. The zero-order valence-electron chi connectivity index (χ0n) is 14.1. The van der Waals surface area contributed by atoms with E-state index in [2.05, 4.69) is 46.8 Å². The number of aromatic nitrogens is 1. The number of likely N-dealkylation sites (N-methyl/N-ethyl adjacent to an activating group) is 1. The Morgan fingerprint density at radius 2 is 2.14 bits per heavy atom. The Kier molecular flexibility index (Phi) is 7.87. The predicted octanol–water partition coefficient (Wildman–Crippen LogP) is 1.80. The summed E-state index contributed by atoms with van der Waals surface area (Å²) in [7, 11) is 3.46. The van der Waals surface area contributed by atoms with Gasteiger partial charge in [-0.1, -0.05) is 20.8 Å². The van der Waals surface area contributed by atoms with Crippen molar-refractivity contribution in [1.82, 2.24) is 20.5 Å². The van der Waals surface area contributed by atoms with Gasteiger partial charge >= 0.3 is 0 Å². The maximum absolute atomic E-state index is 11.6. The molecule has 0 saturated carbocycles. The lowest BCUT2D eigenvalue weighted by atomic mass is 10.2. The van der Waals surface area contributed by atoms with E-state index in [-0.39, 0.29) is 12.5 Å². The Bertz CT molecular complexity index is 496. The molecule has 1 aromatic rings. The number of carbonyl (C=O) groups excluding carboxylic acids is 1. The summed E-state index contributed by atoms with van der Waals surface area (Å²) in [4.78, 5) is 22.1. The molecule has 1 aromatic heterocycles. The second-order valence-electron chi connectivity index (χ2n) is 5.55. The molecule has 0 atom stereocenters. The summed E-state index contributed by atoms with van der Waals surface area (Å²) in [6.45, 7) is 7.93. The average Bonchev–Trinajstić information content (AvgIpc) is 2.95. The van der Waals surface area contributed by atoms with Gasteiger partial charge in [-0.3, -0.25) is 4.79 Å². The number of hydrogen-bond donors (Lipinski definition) is 2. The summed E-state index contributed by atoms with van der Waals surface area (Å²) in [5, 5.41) is 9.55. The smallest absolute Gasteiger partial charge is 0.243 e. The first-order valence-electron chi connectivity index (χ1n) is 7.60. The van der Waals surface area contributed by atoms with Gasteiger partial charge in [-0.2, -0.15) is 0 Å². The normalized spacial score (nSPS) is 11.6. The van der Waals surface area contributed by atoms with Crippen molar-refractivity contribution < 1.29 is 4.79 Å². The minimum absolute atomic E-state index is 0.0195. The molecule has 0 saturated heterocycles. The Balaban J connectivity index is 2.59. The zero-order valence-corrected chi connectivity index (χ0v) is 15.0. The summed E-state index contributed by atoms with van der Waals surface area (Å²) < 4.78 is 0. The second kappa shape index (κ2) is 9.40. The van der Waals surface area contributed by atoms with E-state index in [0.29, 0.717) is 18.4 Å². The first-order chi connectivity index (χ1) is 10.4. The molecule has 0 aliphatic heterocycles. The summed E-state index contributed by atoms with van der Waals surface area (Å²) in [5.41, 5.74) is 1.12. The van der Waals surface area contributed by atoms with Crippen LogP contribution in [0, 0.1) is 0 Å². The third-order valence-electron chi connectivity index (χ3n) is 2.98. The largest absolute Gasteiger partial charge is 0.356 e. The van der Waals surface area contributed by atoms with Gasteiger partial charge in [-0.25, -0.2) is 9.98 Å². The van der Waals surface area contributed by atoms with Crippen molar-refractivity contribution in [3.05, 3.63) is 16.1 Å². The summed E-state index contributed by atoms with van der Waals surface area (Å²) in [6, 6.07) is 0. The monoisotopic (exact) mass is 325 g/mol. The lowest BCUT2D eigenvalue weighted by Gasteiger charge is -2.12. The molecule has 0 aliphatic rings. The molecule has 0 unspecified atom stereocenters. The molecule has 7 heteroatoms. The van der Waals surface area contributed by atoms with Crippen molar-refractivity contribution in [2.24, 2.45) is 4.99 Å². The van der Waals surface area contributed by atoms with Crippen molar-refractivity contribution in [2.45, 2.75) is 39.7 Å². The Morgan fingerprint density at radius 3 is 2.68 bits per heavy atom. The van der Waals surface area contributed by atoms with Crippen LogP contribution < -0.4 is 10.6 Å². The van der Waals surface area contributed by atoms with E-state index in [1.807, 2.05) is 0 Å². The number of thiazole rings is 1. The van der Waals surface area contributed by atoms with Crippen LogP contribution in [0.5, 0.6) is 0 Å². The SMILES string of the molecule is CCCNC(=NCC(=O)N(C)C)NCc1nc(C(C)C)cs1. The van der Waals surface area contributed by atoms with Crippen molar-refractivity contribution in [3.63, 3.8) is 0 Å². The van der Waals surface area contributed by atoms with Gasteiger partial charge in [-0.05, 0) is 12.3 Å². The maximum Gasteiger partial charge on any atom is 0.243 e. The molecule has 0 fully saturated rings. The highest BCUT2D eigenvalue weighted by molar-refractivity contribution is 7.09. The quantitative estimate of drug-likeness (QED) is 0.592. The molecule has 0 aromatic carbocycles. The van der Waals surface area contributed by atoms with Crippen LogP contribution in [-0.2, 0) is 11.3 Å². The summed E-state index contributed by atoms with van der Waals surface area (Å²) >= 11 is 1.64. The van der Waals surface area contributed by atoms with E-state index in [1.165, 1.54) is 4.90 Å². The van der Waals surface area contributed by atoms with Gasteiger partial charge in [0, 0.05) is 26.0 Å². The van der Waals surface area contributed by atoms with Crippen LogP contribution in [0.15, 0.2) is 10.4 Å². The molecular formula is C15H27N5OS. The fourth-order valence-electron chi connectivity index (χ4n) is 1.54. The molecule has 1 rings (SSSR count). The molecule has 2 N–H and O–H groups in total. The molecule has 0 bridgehead atoms. The molecule has 124 valence electrons. The Labute approximate surface area is 137 Å². The van der Waals surface area contributed by atoms with Crippen LogP contribution in [0.3, 0.4) is 0 Å². The molecular weight excluding hydrogens is 298 g/mol. The van der Waals surface area contributed by atoms with Crippen molar-refractivity contribution >= 4 is 23.2 Å². The van der Waals surface area contributed by atoms with Gasteiger partial charge in [0.1, 0.15) is 11.6 Å². The molecule has 6 nitrogen and oxygen atoms in total. The number of nitrogens with zero attached hydrogens (tertiary/aromatic N) is 3. The lowest BCUT2D eigenvalue weighted by molar-refractivity contribution is -0.127. The zero-order chi connectivity index (χ0) is 16.5. The third kappa shape index (κ3) is 6.43. The van der Waals surface area contributed by atoms with Crippen molar-refractivity contribution in [2.75, 3.05) is 27.2 Å². The number of amides is 1. The number of nitrogens with one attached hydrogen (secondary N) is 2. The van der Waals surface area contributed by atoms with Gasteiger partial charge in [0.25, 0.3) is 0 Å². The van der Waals surface area contributed by atoms with Crippen LogP contribution in [0.25, 0.3) is 0 Å². The fraction of sp³-hybridized carbons (Fsp3) is 0.667. The van der Waals surface area contributed by atoms with Crippen LogP contribution in [-0.4, -0.2) is 48.9 Å². The minimum atomic E-state index is -0.0195. The van der Waals surface area contributed by atoms with Crippen LogP contribution in [0.2, 0.25) is 0 Å². The van der Waals surface area contributed by atoms with Gasteiger partial charge < -0.3 is 15.5 Å². The molecule has 0 radical (unpaired) electrons. The third-order valence-corrected chi connectivity index (χ3v) is 3.85. The highest BCUT2D eigenvalue weighted by Gasteiger charge is 2.07. The van der Waals surface area contributed by atoms with E-state index in [9.17, 15) is 4.79 Å². The minimum Gasteiger partial charge on any atom is -0.356 e. The number of rotatable bonds is 7. The van der Waals surface area contributed by atoms with E-state index < -0.39 is 0 Å². The maximum atomic E-state index is 11.6. The van der Waals surface area contributed by atoms with Gasteiger partial charge in [0.2, 0.25) is 5.91 Å². The van der Waals surface area contributed by atoms with Crippen molar-refractivity contribution in [3.8, 4) is 0 Å². The molecule has 0 aliphatic carbocycles. The summed E-state index contributed by atoms with van der Waals surface area (Å²) in [5.74, 6) is 1.07. The molecule has 1 amide bonds. The Morgan fingerprint density at radius 1 is 1.41 bits per heavy atom. The highest BCUT2D eigenvalue weighted by atomic mass is 32.1. The highest BCUT2D eigenvalue weighted by Crippen LogP contribution is 2.17. The van der Waals surface area contributed by atoms with Gasteiger partial charge in [0.05, 0.1) is 12.2 Å². The number of carbonyl (C=O) groups is 1. The van der Waals surface area contributed by atoms with Gasteiger partial charge in [-0.15, -0.1) is 11.3 Å². The summed E-state index contributed by atoms with van der Waals surface area (Å²) in [6.07, 6.45) is 0.997. The van der Waals surface area contributed by atoms with Crippen LogP contribution in [0.4, 0.5) is 0 Å². The molecule has 0 spiro atoms. The Hall–Kier alpha value is -1.63. The first kappa shape index (κ1) is 18.4. The van der Waals surface area contributed by atoms with Gasteiger partial charge in [0.15, 0.2) is 5.96 Å². The van der Waals surface area contributed by atoms with Crippen molar-refractivity contribution in [1.29, 1.82) is 0 Å². The first-order valence-corrected chi connectivity index (χ1v) is 8.48. The number of hydrogen-bond acceptors (Lipinski definition) is 4. The lowest BCUT2D eigenvalue weighted by Crippen LogP contribution is -2.38. The second-order valence-corrected chi connectivity index (χ2v) is 6.50. The standard InChI is InChI=1S/C15H27N5OS/c1-6-7-16-15(18-9-14(21)20(4)5)17-8-13-19-12(10-22-13)11(2)3/h10-11H,6-9H2,1-5H3,(H2,16,17,18). The van der Waals surface area contributed by atoms with E-state index in [4.69, 9.17) is 0 Å². The number of guanidine groups is 1. The predicted molar refractivity (Wildman–Crippen MR) is 92.3 cm³/mol. The van der Waals surface area contributed by atoms with Crippen LogP contribution in [0.1, 0.15) is 43.8 Å². The fourth-order valence-corrected chi connectivity index (χ4v) is 2.43.